The molecule has 0 saturated carbocycles. The van der Waals surface area contributed by atoms with Crippen molar-refractivity contribution in [3.8, 4) is 0 Å². The number of hydrogen-bond acceptors (Lipinski definition) is 12. The first kappa shape index (κ1) is 94.9. The maximum absolute atomic E-state index is 13.8. The highest BCUT2D eigenvalue weighted by atomic mass is 32.2. The molecule has 0 aromatic carbocycles. The third-order valence-electron chi connectivity index (χ3n) is 19.8. The minimum Gasteiger partial charge on any atom is -0.464 e. The van der Waals surface area contributed by atoms with Crippen LogP contribution < -0.4 is 17.1 Å². The van der Waals surface area contributed by atoms with Crippen molar-refractivity contribution in [2.24, 2.45) is 0 Å². The molecule has 0 radical (unpaired) electrons. The van der Waals surface area contributed by atoms with Crippen LogP contribution in [0.3, 0.4) is 0 Å². The van der Waals surface area contributed by atoms with Gasteiger partial charge in [0.25, 0.3) is 0 Å². The van der Waals surface area contributed by atoms with E-state index in [2.05, 4.69) is 20.8 Å². The molecule has 1 aromatic heterocycles. The number of unbranched alkanes of at least 4 members (excludes halogenated alkanes) is 54. The number of carbonyl (C=O) groups is 3. The zero-order valence-electron chi connectivity index (χ0n) is 65.3. The van der Waals surface area contributed by atoms with Crippen molar-refractivity contribution in [1.29, 1.82) is 0 Å². The fourth-order valence-electron chi connectivity index (χ4n) is 13.3. The Kier molecular flexibility index (Phi) is 73.8. The lowest BCUT2D eigenvalue weighted by molar-refractivity contribution is -0.144. The highest BCUT2D eigenvalue weighted by Gasteiger charge is 2.18. The van der Waals surface area contributed by atoms with E-state index in [0.29, 0.717) is 19.3 Å². The van der Waals surface area contributed by atoms with Crippen LogP contribution in [-0.2, 0) is 48.2 Å². The van der Waals surface area contributed by atoms with Crippen LogP contribution >= 0.6 is 35.3 Å². The van der Waals surface area contributed by atoms with Gasteiger partial charge in [0.05, 0.1) is 19.6 Å². The van der Waals surface area contributed by atoms with Crippen molar-refractivity contribution in [1.82, 2.24) is 13.7 Å². The second kappa shape index (κ2) is 77.0. The fraction of sp³-hybridized carbons (Fsp3) is 0.929. The summed E-state index contributed by atoms with van der Waals surface area (Å²) in [5.74, 6) is 5.19. The summed E-state index contributed by atoms with van der Waals surface area (Å²) in [6.07, 6.45) is 79.8. The van der Waals surface area contributed by atoms with Gasteiger partial charge in [-0.3, -0.25) is 14.4 Å². The molecule has 0 saturated heterocycles. The summed E-state index contributed by atoms with van der Waals surface area (Å²) in [4.78, 5) is 79.7. The van der Waals surface area contributed by atoms with Crippen LogP contribution in [-0.4, -0.2) is 85.9 Å². The Balaban J connectivity index is 2.44. The van der Waals surface area contributed by atoms with Gasteiger partial charge in [0.15, 0.2) is 0 Å². The van der Waals surface area contributed by atoms with Gasteiger partial charge in [-0.15, -0.1) is 0 Å². The zero-order valence-corrected chi connectivity index (χ0v) is 67.7. The van der Waals surface area contributed by atoms with Crippen LogP contribution in [0, 0.1) is 0 Å². The molecule has 1 rings (SSSR count). The zero-order chi connectivity index (χ0) is 71.5. The van der Waals surface area contributed by atoms with Crippen LogP contribution in [0.25, 0.3) is 0 Å². The van der Waals surface area contributed by atoms with E-state index < -0.39 is 35.0 Å². The average molecular weight is 1450 g/mol. The smallest absolute Gasteiger partial charge is 0.336 e. The van der Waals surface area contributed by atoms with Crippen LogP contribution in [0.5, 0.6) is 0 Å². The van der Waals surface area contributed by atoms with E-state index >= 15 is 0 Å². The Morgan fingerprint density at radius 2 is 0.364 bits per heavy atom. The molecule has 1 aromatic rings. The summed E-state index contributed by atoms with van der Waals surface area (Å²) in [5, 5.41) is 0. The number of esters is 3. The molecule has 0 bridgehead atoms. The SMILES string of the molecule is CCCCCCCCCCCCCCCCCCCCSCCCCC(=O)OCCn1c(=O)n(CCOC(=O)CCCCSCCCCCCCCCCCCCCCCCCCC)c(=O)n(CCOC(=O)CCCCSCCCCCCCCCCCCCCCCCCCC)c1=O. The largest absolute Gasteiger partial charge is 0.464 e. The predicted octanol–water partition coefficient (Wildman–Crippen LogP) is 24.6. The van der Waals surface area contributed by atoms with Gasteiger partial charge in [-0.2, -0.15) is 35.3 Å². The summed E-state index contributed by atoms with van der Waals surface area (Å²) in [5.41, 5.74) is -2.62. The number of ether oxygens (including phenoxy) is 3. The van der Waals surface area contributed by atoms with Gasteiger partial charge < -0.3 is 14.2 Å². The molecule has 15 heteroatoms. The van der Waals surface area contributed by atoms with Crippen LogP contribution in [0.1, 0.15) is 425 Å². The predicted molar refractivity (Wildman–Crippen MR) is 432 cm³/mol. The third-order valence-corrected chi connectivity index (χ3v) is 23.3. The maximum atomic E-state index is 13.8. The summed E-state index contributed by atoms with van der Waals surface area (Å²) in [6, 6.07) is 0. The monoisotopic (exact) mass is 1450 g/mol. The van der Waals surface area contributed by atoms with Crippen molar-refractivity contribution in [3.63, 3.8) is 0 Å². The molecule has 0 amide bonds. The van der Waals surface area contributed by atoms with Gasteiger partial charge in [0, 0.05) is 19.3 Å². The van der Waals surface area contributed by atoms with Crippen molar-refractivity contribution in [2.45, 2.75) is 445 Å². The second-order valence-electron chi connectivity index (χ2n) is 29.2. The van der Waals surface area contributed by atoms with Gasteiger partial charge in [-0.05, 0) is 92.3 Å². The first-order valence-electron chi connectivity index (χ1n) is 42.9. The first-order chi connectivity index (χ1) is 48.8. The molecule has 0 fully saturated rings. The summed E-state index contributed by atoms with van der Waals surface area (Å²) in [6.45, 7) is 5.42. The van der Waals surface area contributed by atoms with E-state index in [4.69, 9.17) is 14.2 Å². The Morgan fingerprint density at radius 1 is 0.222 bits per heavy atom. The number of rotatable bonds is 81. The minimum atomic E-state index is -0.873. The van der Waals surface area contributed by atoms with E-state index in [1.807, 2.05) is 35.3 Å². The number of carbonyl (C=O) groups excluding carboxylic acids is 3. The van der Waals surface area contributed by atoms with Crippen molar-refractivity contribution >= 4 is 53.2 Å². The third kappa shape index (κ3) is 64.0. The molecular formula is C84H159N3O9S3. The van der Waals surface area contributed by atoms with Crippen molar-refractivity contribution in [2.75, 3.05) is 54.3 Å². The highest BCUT2D eigenvalue weighted by Crippen LogP contribution is 2.20. The van der Waals surface area contributed by atoms with Gasteiger partial charge in [0.1, 0.15) is 19.8 Å². The molecule has 0 aliphatic heterocycles. The van der Waals surface area contributed by atoms with E-state index in [9.17, 15) is 28.8 Å². The first-order valence-corrected chi connectivity index (χ1v) is 46.4. The van der Waals surface area contributed by atoms with Crippen LogP contribution in [0.15, 0.2) is 14.4 Å². The van der Waals surface area contributed by atoms with E-state index in [1.54, 1.807) is 0 Å². The highest BCUT2D eigenvalue weighted by molar-refractivity contribution is 7.99. The summed E-state index contributed by atoms with van der Waals surface area (Å²) >= 11 is 5.83. The van der Waals surface area contributed by atoms with Gasteiger partial charge >= 0.3 is 35.0 Å². The number of thioether (sulfide) groups is 3. The van der Waals surface area contributed by atoms with Gasteiger partial charge in [-0.25, -0.2) is 28.1 Å². The van der Waals surface area contributed by atoms with Crippen LogP contribution in [0.4, 0.5) is 0 Å². The number of hydrogen-bond donors (Lipinski definition) is 0. The lowest BCUT2D eigenvalue weighted by Crippen LogP contribution is -2.55. The quantitative estimate of drug-likeness (QED) is 0.0348. The Hall–Kier alpha value is -2.13. The molecule has 99 heavy (non-hydrogen) atoms. The van der Waals surface area contributed by atoms with Crippen molar-refractivity contribution in [3.05, 3.63) is 31.5 Å². The molecule has 1 heterocycles. The molecule has 0 unspecified atom stereocenters. The summed E-state index contributed by atoms with van der Waals surface area (Å²) in [7, 11) is 0. The van der Waals surface area contributed by atoms with Crippen LogP contribution in [0.2, 0.25) is 0 Å². The van der Waals surface area contributed by atoms with E-state index in [1.165, 1.54) is 347 Å². The molecule has 0 N–H and O–H groups in total. The molecule has 0 aliphatic rings. The average Bonchev–Trinajstić information content (AvgIpc) is 0.789. The second-order valence-corrected chi connectivity index (χ2v) is 32.9. The topological polar surface area (TPSA) is 145 Å². The summed E-state index contributed by atoms with van der Waals surface area (Å²) < 4.78 is 19.1. The molecule has 0 atom stereocenters. The van der Waals surface area contributed by atoms with E-state index in [-0.39, 0.29) is 58.7 Å². The Labute approximate surface area is 622 Å². The Bertz CT molecular complexity index is 1840. The standard InChI is InChI=1S/C84H159N3O9S3/c1-4-7-10-13-16-19-22-25-28-31-34-37-40-43-46-49-52-58-73-97-76-61-55-64-79(88)94-70-67-85-82(91)86(68-71-95-80(89)65-56-62-77-98-74-59-53-50-47-44-41-38-35-32-29-26-23-20-17-14-11-8-5-2)84(93)87(83(85)92)69-72-96-81(90)66-57-63-78-99-75-60-54-51-48-45-42-39-36-33-30-27-24-21-18-15-12-9-6-3/h4-78H2,1-3H3. The number of aromatic nitrogens is 3. The van der Waals surface area contributed by atoms with Crippen molar-refractivity contribution < 1.29 is 28.6 Å². The lowest BCUT2D eigenvalue weighted by atomic mass is 10.0. The Morgan fingerprint density at radius 3 is 0.525 bits per heavy atom. The molecule has 0 spiro atoms. The fourth-order valence-corrected chi connectivity index (χ4v) is 16.3. The van der Waals surface area contributed by atoms with Gasteiger partial charge in [0.2, 0.25) is 0 Å². The molecular weight excluding hydrogens is 1290 g/mol. The number of nitrogens with zero attached hydrogens (tertiary/aromatic N) is 3. The minimum absolute atomic E-state index is 0.222. The maximum Gasteiger partial charge on any atom is 0.336 e. The normalized spacial score (nSPS) is 11.5. The molecule has 582 valence electrons. The molecule has 0 aliphatic carbocycles. The lowest BCUT2D eigenvalue weighted by Gasteiger charge is -2.14. The van der Waals surface area contributed by atoms with Gasteiger partial charge in [-0.1, -0.05) is 348 Å². The molecule has 12 nitrogen and oxygen atoms in total. The van der Waals surface area contributed by atoms with E-state index in [0.717, 1.165) is 67.5 Å².